The molecule has 0 aliphatic carbocycles. The second-order valence-electron chi connectivity index (χ2n) is 3.24. The molecule has 0 bridgehead atoms. The Bertz CT molecular complexity index is 335. The third-order valence-corrected chi connectivity index (χ3v) is 2.55. The summed E-state index contributed by atoms with van der Waals surface area (Å²) in [6.07, 6.45) is -2.24. The molecule has 5 heteroatoms. The van der Waals surface area contributed by atoms with E-state index >= 15 is 0 Å². The Kier molecular flexibility index (Phi) is 4.66. The molecule has 0 spiro atoms. The lowest BCUT2D eigenvalue weighted by Gasteiger charge is -2.18. The lowest BCUT2D eigenvalue weighted by Crippen LogP contribution is -2.30. The van der Waals surface area contributed by atoms with Crippen molar-refractivity contribution in [3.05, 3.63) is 34.1 Å². The summed E-state index contributed by atoms with van der Waals surface area (Å²) in [5.41, 5.74) is 0.0981. The quantitative estimate of drug-likeness (QED) is 0.775. The van der Waals surface area contributed by atoms with E-state index in [4.69, 9.17) is 0 Å². The van der Waals surface area contributed by atoms with Crippen LogP contribution in [-0.2, 0) is 0 Å². The van der Waals surface area contributed by atoms with Crippen molar-refractivity contribution >= 4 is 15.9 Å². The number of rotatable bonds is 4. The molecule has 0 saturated carbocycles. The molecule has 0 amide bonds. The van der Waals surface area contributed by atoms with E-state index in [1.165, 1.54) is 12.1 Å². The van der Waals surface area contributed by atoms with Crippen molar-refractivity contribution in [2.24, 2.45) is 0 Å². The van der Waals surface area contributed by atoms with Gasteiger partial charge >= 0.3 is 0 Å². The first-order chi connectivity index (χ1) is 7.06. The molecule has 0 heterocycles. The van der Waals surface area contributed by atoms with Gasteiger partial charge in [-0.2, -0.15) is 0 Å². The first-order valence-electron chi connectivity index (χ1n) is 4.52. The monoisotopic (exact) mass is 277 g/mol. The molecule has 2 unspecified atom stereocenters. The van der Waals surface area contributed by atoms with Crippen LogP contribution in [0.4, 0.5) is 4.39 Å². The standard InChI is InChI=1S/C10H13BrFNO2/c1-13-5-9(14)10(15)7-3-2-6(11)4-8(7)12/h2-4,9-10,13-15H,5H2,1H3. The van der Waals surface area contributed by atoms with Crippen LogP contribution in [0.25, 0.3) is 0 Å². The van der Waals surface area contributed by atoms with Crippen molar-refractivity contribution in [3.8, 4) is 0 Å². The largest absolute Gasteiger partial charge is 0.389 e. The Morgan fingerprint density at radius 2 is 2.13 bits per heavy atom. The van der Waals surface area contributed by atoms with Gasteiger partial charge in [0, 0.05) is 16.6 Å². The number of halogens is 2. The number of benzene rings is 1. The summed E-state index contributed by atoms with van der Waals surface area (Å²) < 4.78 is 14.0. The average Bonchev–Trinajstić information content (AvgIpc) is 2.17. The number of nitrogens with one attached hydrogen (secondary N) is 1. The minimum absolute atomic E-state index is 0.0981. The van der Waals surface area contributed by atoms with Gasteiger partial charge in [0.2, 0.25) is 0 Å². The first kappa shape index (κ1) is 12.6. The molecule has 1 aromatic rings. The number of likely N-dealkylation sites (N-methyl/N-ethyl adjacent to an activating group) is 1. The fourth-order valence-corrected chi connectivity index (χ4v) is 1.60. The Balaban J connectivity index is 2.86. The second-order valence-corrected chi connectivity index (χ2v) is 4.15. The van der Waals surface area contributed by atoms with Crippen molar-refractivity contribution in [2.45, 2.75) is 12.2 Å². The molecular formula is C10H13BrFNO2. The summed E-state index contributed by atoms with van der Waals surface area (Å²) in [6.45, 7) is 0.205. The van der Waals surface area contributed by atoms with Crippen molar-refractivity contribution in [3.63, 3.8) is 0 Å². The summed E-state index contributed by atoms with van der Waals surface area (Å²) in [5.74, 6) is -0.535. The number of aliphatic hydroxyl groups excluding tert-OH is 2. The normalized spacial score (nSPS) is 15.0. The summed E-state index contributed by atoms with van der Waals surface area (Å²) in [4.78, 5) is 0. The van der Waals surface area contributed by atoms with Crippen LogP contribution in [0.15, 0.2) is 22.7 Å². The highest BCUT2D eigenvalue weighted by Gasteiger charge is 2.20. The highest BCUT2D eigenvalue weighted by atomic mass is 79.9. The molecule has 1 rings (SSSR count). The zero-order valence-corrected chi connectivity index (χ0v) is 9.83. The Hall–Kier alpha value is -0.490. The Morgan fingerprint density at radius 3 is 2.67 bits per heavy atom. The van der Waals surface area contributed by atoms with E-state index in [-0.39, 0.29) is 12.1 Å². The van der Waals surface area contributed by atoms with Gasteiger partial charge in [-0.25, -0.2) is 4.39 Å². The van der Waals surface area contributed by atoms with Crippen LogP contribution in [0.2, 0.25) is 0 Å². The number of aliphatic hydroxyl groups is 2. The van der Waals surface area contributed by atoms with Crippen molar-refractivity contribution in [1.29, 1.82) is 0 Å². The Labute approximate surface area is 96.1 Å². The maximum atomic E-state index is 13.4. The van der Waals surface area contributed by atoms with E-state index < -0.39 is 18.0 Å². The van der Waals surface area contributed by atoms with Crippen LogP contribution in [0, 0.1) is 5.82 Å². The van der Waals surface area contributed by atoms with E-state index in [0.717, 1.165) is 0 Å². The van der Waals surface area contributed by atoms with Gasteiger partial charge in [0.15, 0.2) is 0 Å². The van der Waals surface area contributed by atoms with E-state index in [1.807, 2.05) is 0 Å². The highest BCUT2D eigenvalue weighted by Crippen LogP contribution is 2.23. The third-order valence-electron chi connectivity index (χ3n) is 2.06. The lowest BCUT2D eigenvalue weighted by molar-refractivity contribution is 0.0181. The Morgan fingerprint density at radius 1 is 1.47 bits per heavy atom. The molecule has 84 valence electrons. The molecule has 0 radical (unpaired) electrons. The lowest BCUT2D eigenvalue weighted by atomic mass is 10.0. The first-order valence-corrected chi connectivity index (χ1v) is 5.31. The van der Waals surface area contributed by atoms with Crippen molar-refractivity contribution in [1.82, 2.24) is 5.32 Å². The number of hydrogen-bond donors (Lipinski definition) is 3. The predicted octanol–water partition coefficient (Wildman–Crippen LogP) is 1.20. The van der Waals surface area contributed by atoms with Crippen molar-refractivity contribution in [2.75, 3.05) is 13.6 Å². The van der Waals surface area contributed by atoms with E-state index in [0.29, 0.717) is 4.47 Å². The van der Waals surface area contributed by atoms with Gasteiger partial charge < -0.3 is 15.5 Å². The molecule has 0 aliphatic rings. The molecular weight excluding hydrogens is 265 g/mol. The molecule has 3 nitrogen and oxygen atoms in total. The molecule has 0 fully saturated rings. The summed E-state index contributed by atoms with van der Waals surface area (Å²) >= 11 is 3.12. The van der Waals surface area contributed by atoms with Crippen molar-refractivity contribution < 1.29 is 14.6 Å². The van der Waals surface area contributed by atoms with Gasteiger partial charge in [-0.05, 0) is 19.2 Å². The van der Waals surface area contributed by atoms with E-state index in [2.05, 4.69) is 21.2 Å². The molecule has 0 aromatic heterocycles. The fraction of sp³-hybridized carbons (Fsp3) is 0.400. The fourth-order valence-electron chi connectivity index (χ4n) is 1.27. The average molecular weight is 278 g/mol. The van der Waals surface area contributed by atoms with Gasteiger partial charge in [0.25, 0.3) is 0 Å². The SMILES string of the molecule is CNCC(O)C(O)c1ccc(Br)cc1F. The minimum atomic E-state index is -1.22. The van der Waals surface area contributed by atoms with Crippen LogP contribution >= 0.6 is 15.9 Å². The summed E-state index contributed by atoms with van der Waals surface area (Å²) in [6, 6.07) is 4.32. The maximum Gasteiger partial charge on any atom is 0.130 e. The second kappa shape index (κ2) is 5.55. The maximum absolute atomic E-state index is 13.4. The third kappa shape index (κ3) is 3.24. The molecule has 3 N–H and O–H groups in total. The number of hydrogen-bond acceptors (Lipinski definition) is 3. The molecule has 0 aliphatic heterocycles. The van der Waals surface area contributed by atoms with E-state index in [1.54, 1.807) is 13.1 Å². The zero-order valence-electron chi connectivity index (χ0n) is 8.24. The van der Waals surface area contributed by atoms with Gasteiger partial charge in [-0.1, -0.05) is 22.0 Å². The van der Waals surface area contributed by atoms with Gasteiger partial charge in [-0.3, -0.25) is 0 Å². The topological polar surface area (TPSA) is 52.5 Å². The smallest absolute Gasteiger partial charge is 0.130 e. The van der Waals surface area contributed by atoms with E-state index in [9.17, 15) is 14.6 Å². The summed E-state index contributed by atoms with van der Waals surface area (Å²) in [7, 11) is 1.65. The van der Waals surface area contributed by atoms with Crippen LogP contribution < -0.4 is 5.32 Å². The van der Waals surface area contributed by atoms with Crippen LogP contribution in [-0.4, -0.2) is 29.9 Å². The van der Waals surface area contributed by atoms with Gasteiger partial charge in [0.1, 0.15) is 11.9 Å². The molecule has 2 atom stereocenters. The van der Waals surface area contributed by atoms with Crippen LogP contribution in [0.1, 0.15) is 11.7 Å². The molecule has 1 aromatic carbocycles. The van der Waals surface area contributed by atoms with Gasteiger partial charge in [0.05, 0.1) is 6.10 Å². The highest BCUT2D eigenvalue weighted by molar-refractivity contribution is 9.10. The summed E-state index contributed by atoms with van der Waals surface area (Å²) in [5, 5.41) is 21.8. The molecule has 0 saturated heterocycles. The zero-order chi connectivity index (χ0) is 11.4. The molecule has 15 heavy (non-hydrogen) atoms. The van der Waals surface area contributed by atoms with Crippen LogP contribution in [0.3, 0.4) is 0 Å². The van der Waals surface area contributed by atoms with Gasteiger partial charge in [-0.15, -0.1) is 0 Å². The predicted molar refractivity (Wildman–Crippen MR) is 59.0 cm³/mol. The minimum Gasteiger partial charge on any atom is -0.389 e. The van der Waals surface area contributed by atoms with Crippen LogP contribution in [0.5, 0.6) is 0 Å².